The van der Waals surface area contributed by atoms with Gasteiger partial charge in [-0.25, -0.2) is 0 Å². The van der Waals surface area contributed by atoms with Gasteiger partial charge in [0.15, 0.2) is 0 Å². The van der Waals surface area contributed by atoms with E-state index in [-0.39, 0.29) is 18.2 Å². The van der Waals surface area contributed by atoms with Crippen molar-refractivity contribution in [3.8, 4) is 0 Å². The first-order valence-corrected chi connectivity index (χ1v) is 6.48. The molecule has 0 radical (unpaired) electrons. The minimum atomic E-state index is -0.187. The standard InChI is InChI=1S/C13H26O4/c1-5-7-8-13(14)17-12(4)10-15-9-11(3)16-6-2/h11-12H,5-10H2,1-4H3. The molecule has 2 unspecified atom stereocenters. The molecule has 0 aromatic heterocycles. The van der Waals surface area contributed by atoms with Gasteiger partial charge in [-0.2, -0.15) is 0 Å². The highest BCUT2D eigenvalue weighted by atomic mass is 16.6. The summed E-state index contributed by atoms with van der Waals surface area (Å²) in [4.78, 5) is 11.3. The van der Waals surface area contributed by atoms with Gasteiger partial charge in [-0.15, -0.1) is 0 Å². The fourth-order valence-corrected chi connectivity index (χ4v) is 1.37. The summed E-state index contributed by atoms with van der Waals surface area (Å²) in [5.74, 6) is -0.138. The second-order valence-corrected chi connectivity index (χ2v) is 4.21. The average Bonchev–Trinajstić information content (AvgIpc) is 2.26. The van der Waals surface area contributed by atoms with Crippen LogP contribution in [0.4, 0.5) is 0 Å². The van der Waals surface area contributed by atoms with Crippen LogP contribution in [0.25, 0.3) is 0 Å². The topological polar surface area (TPSA) is 44.8 Å². The van der Waals surface area contributed by atoms with Gasteiger partial charge < -0.3 is 14.2 Å². The largest absolute Gasteiger partial charge is 0.460 e. The van der Waals surface area contributed by atoms with E-state index in [1.807, 2.05) is 20.8 Å². The zero-order valence-electron chi connectivity index (χ0n) is 11.5. The smallest absolute Gasteiger partial charge is 0.306 e. The molecule has 0 rings (SSSR count). The zero-order valence-corrected chi connectivity index (χ0v) is 11.5. The van der Waals surface area contributed by atoms with E-state index in [0.717, 1.165) is 12.8 Å². The number of carbonyl (C=O) groups is 1. The molecule has 0 saturated carbocycles. The Labute approximate surface area is 105 Å². The van der Waals surface area contributed by atoms with Gasteiger partial charge in [0, 0.05) is 13.0 Å². The molecule has 0 aliphatic rings. The number of esters is 1. The molecule has 0 amide bonds. The quantitative estimate of drug-likeness (QED) is 0.556. The van der Waals surface area contributed by atoms with E-state index < -0.39 is 0 Å². The maximum Gasteiger partial charge on any atom is 0.306 e. The van der Waals surface area contributed by atoms with Crippen LogP contribution >= 0.6 is 0 Å². The molecular formula is C13H26O4. The van der Waals surface area contributed by atoms with Crippen molar-refractivity contribution in [2.45, 2.75) is 59.2 Å². The zero-order chi connectivity index (χ0) is 13.1. The minimum absolute atomic E-state index is 0.0861. The monoisotopic (exact) mass is 246 g/mol. The predicted molar refractivity (Wildman–Crippen MR) is 67.0 cm³/mol. The van der Waals surface area contributed by atoms with Gasteiger partial charge in [0.25, 0.3) is 0 Å². The molecule has 0 heterocycles. The van der Waals surface area contributed by atoms with Crippen LogP contribution in [0.3, 0.4) is 0 Å². The molecule has 0 bridgehead atoms. The van der Waals surface area contributed by atoms with Crippen molar-refractivity contribution in [3.05, 3.63) is 0 Å². The summed E-state index contributed by atoms with van der Waals surface area (Å²) in [5.41, 5.74) is 0. The lowest BCUT2D eigenvalue weighted by Crippen LogP contribution is -2.24. The molecule has 102 valence electrons. The third kappa shape index (κ3) is 10.3. The maximum absolute atomic E-state index is 11.3. The molecule has 0 aromatic carbocycles. The fourth-order valence-electron chi connectivity index (χ4n) is 1.37. The molecular weight excluding hydrogens is 220 g/mol. The molecule has 17 heavy (non-hydrogen) atoms. The van der Waals surface area contributed by atoms with Gasteiger partial charge >= 0.3 is 5.97 Å². The molecule has 0 spiro atoms. The van der Waals surface area contributed by atoms with E-state index in [0.29, 0.717) is 26.2 Å². The number of ether oxygens (including phenoxy) is 3. The van der Waals surface area contributed by atoms with Crippen molar-refractivity contribution in [1.82, 2.24) is 0 Å². The van der Waals surface area contributed by atoms with Gasteiger partial charge in [0.05, 0.1) is 19.3 Å². The Morgan fingerprint density at radius 2 is 1.76 bits per heavy atom. The third-order valence-electron chi connectivity index (χ3n) is 2.22. The lowest BCUT2D eigenvalue weighted by atomic mass is 10.2. The summed E-state index contributed by atoms with van der Waals surface area (Å²) in [7, 11) is 0. The summed E-state index contributed by atoms with van der Waals surface area (Å²) in [6.07, 6.45) is 2.28. The lowest BCUT2D eigenvalue weighted by Gasteiger charge is -2.16. The van der Waals surface area contributed by atoms with E-state index in [2.05, 4.69) is 6.92 Å². The molecule has 4 heteroatoms. The maximum atomic E-state index is 11.3. The van der Waals surface area contributed by atoms with Crippen LogP contribution in [0.5, 0.6) is 0 Å². The first-order valence-electron chi connectivity index (χ1n) is 6.48. The normalized spacial score (nSPS) is 14.4. The number of rotatable bonds is 10. The van der Waals surface area contributed by atoms with Crippen molar-refractivity contribution in [3.63, 3.8) is 0 Å². The first kappa shape index (κ1) is 16.4. The van der Waals surface area contributed by atoms with Gasteiger partial charge in [0.2, 0.25) is 0 Å². The predicted octanol–water partition coefficient (Wildman–Crippen LogP) is 2.55. The molecule has 0 aromatic rings. The summed E-state index contributed by atoms with van der Waals surface area (Å²) in [6, 6.07) is 0. The van der Waals surface area contributed by atoms with Crippen LogP contribution in [0, 0.1) is 0 Å². The second-order valence-electron chi connectivity index (χ2n) is 4.21. The summed E-state index contributed by atoms with van der Waals surface area (Å²) < 4.78 is 15.9. The Balaban J connectivity index is 3.51. The Morgan fingerprint density at radius 3 is 2.35 bits per heavy atom. The Bertz CT molecular complexity index is 194. The highest BCUT2D eigenvalue weighted by Gasteiger charge is 2.10. The molecule has 0 saturated heterocycles. The molecule has 2 atom stereocenters. The third-order valence-corrected chi connectivity index (χ3v) is 2.22. The summed E-state index contributed by atoms with van der Waals surface area (Å²) >= 11 is 0. The second kappa shape index (κ2) is 10.5. The van der Waals surface area contributed by atoms with Gasteiger partial charge in [-0.05, 0) is 27.2 Å². The van der Waals surface area contributed by atoms with Crippen molar-refractivity contribution in [2.24, 2.45) is 0 Å². The van der Waals surface area contributed by atoms with Crippen LogP contribution < -0.4 is 0 Å². The lowest BCUT2D eigenvalue weighted by molar-refractivity contribution is -0.151. The molecule has 0 aliphatic carbocycles. The SMILES string of the molecule is CCCCC(=O)OC(C)COCC(C)OCC. The number of unbranched alkanes of at least 4 members (excludes halogenated alkanes) is 1. The van der Waals surface area contributed by atoms with E-state index in [1.54, 1.807) is 0 Å². The first-order chi connectivity index (χ1) is 8.10. The Kier molecular flexibility index (Phi) is 10.2. The van der Waals surface area contributed by atoms with Crippen LogP contribution in [0.1, 0.15) is 47.0 Å². The van der Waals surface area contributed by atoms with Crippen molar-refractivity contribution < 1.29 is 19.0 Å². The highest BCUT2D eigenvalue weighted by molar-refractivity contribution is 5.69. The number of carbonyl (C=O) groups excluding carboxylic acids is 1. The molecule has 0 fully saturated rings. The average molecular weight is 246 g/mol. The van der Waals surface area contributed by atoms with Gasteiger partial charge in [0.1, 0.15) is 6.10 Å². The highest BCUT2D eigenvalue weighted by Crippen LogP contribution is 2.01. The van der Waals surface area contributed by atoms with Crippen LogP contribution in [0.2, 0.25) is 0 Å². The summed E-state index contributed by atoms with van der Waals surface area (Å²) in [5, 5.41) is 0. The van der Waals surface area contributed by atoms with Crippen molar-refractivity contribution in [1.29, 1.82) is 0 Å². The Morgan fingerprint density at radius 1 is 1.12 bits per heavy atom. The van der Waals surface area contributed by atoms with E-state index in [9.17, 15) is 4.79 Å². The number of hydrogen-bond acceptors (Lipinski definition) is 4. The fraction of sp³-hybridized carbons (Fsp3) is 0.923. The van der Waals surface area contributed by atoms with Crippen LogP contribution in [0.15, 0.2) is 0 Å². The molecule has 0 N–H and O–H groups in total. The van der Waals surface area contributed by atoms with Gasteiger partial charge in [-0.1, -0.05) is 13.3 Å². The number of hydrogen-bond donors (Lipinski definition) is 0. The Hall–Kier alpha value is -0.610. The van der Waals surface area contributed by atoms with Crippen molar-refractivity contribution >= 4 is 5.97 Å². The van der Waals surface area contributed by atoms with Crippen molar-refractivity contribution in [2.75, 3.05) is 19.8 Å². The summed E-state index contributed by atoms with van der Waals surface area (Å²) in [6.45, 7) is 9.45. The van der Waals surface area contributed by atoms with E-state index >= 15 is 0 Å². The minimum Gasteiger partial charge on any atom is -0.460 e. The van der Waals surface area contributed by atoms with Gasteiger partial charge in [-0.3, -0.25) is 4.79 Å². The van der Waals surface area contributed by atoms with Crippen LogP contribution in [-0.4, -0.2) is 38.0 Å². The molecule has 0 aliphatic heterocycles. The van der Waals surface area contributed by atoms with Crippen LogP contribution in [-0.2, 0) is 19.0 Å². The van der Waals surface area contributed by atoms with E-state index in [4.69, 9.17) is 14.2 Å². The van der Waals surface area contributed by atoms with E-state index in [1.165, 1.54) is 0 Å². The molecule has 4 nitrogen and oxygen atoms in total.